The monoisotopic (exact) mass is 215 g/mol. The van der Waals surface area contributed by atoms with Crippen LogP contribution in [0, 0.1) is 20.8 Å². The SMILES string of the molecule is Cc1ccc(-c2cn(C)c(N)n2)c(C)c1C. The highest BCUT2D eigenvalue weighted by Gasteiger charge is 2.09. The second-order valence-corrected chi connectivity index (χ2v) is 4.28. The summed E-state index contributed by atoms with van der Waals surface area (Å²) < 4.78 is 1.84. The second-order valence-electron chi connectivity index (χ2n) is 4.28. The molecule has 0 saturated heterocycles. The molecule has 0 aliphatic rings. The minimum absolute atomic E-state index is 0.549. The van der Waals surface area contributed by atoms with Gasteiger partial charge in [-0.15, -0.1) is 0 Å². The van der Waals surface area contributed by atoms with Crippen LogP contribution < -0.4 is 5.73 Å². The molecule has 1 aromatic heterocycles. The average molecular weight is 215 g/mol. The van der Waals surface area contributed by atoms with E-state index in [-0.39, 0.29) is 0 Å². The van der Waals surface area contributed by atoms with Gasteiger partial charge in [0.15, 0.2) is 5.95 Å². The lowest BCUT2D eigenvalue weighted by atomic mass is 9.97. The van der Waals surface area contributed by atoms with E-state index in [1.54, 1.807) is 0 Å². The zero-order valence-corrected chi connectivity index (χ0v) is 10.2. The molecule has 16 heavy (non-hydrogen) atoms. The van der Waals surface area contributed by atoms with Gasteiger partial charge < -0.3 is 10.3 Å². The molecule has 0 atom stereocenters. The number of aromatic nitrogens is 2. The Morgan fingerprint density at radius 2 is 1.81 bits per heavy atom. The predicted molar refractivity (Wildman–Crippen MR) is 67.3 cm³/mol. The Balaban J connectivity index is 2.61. The van der Waals surface area contributed by atoms with E-state index in [2.05, 4.69) is 37.9 Å². The molecule has 0 bridgehead atoms. The summed E-state index contributed by atoms with van der Waals surface area (Å²) in [5.74, 6) is 0.549. The Kier molecular flexibility index (Phi) is 2.46. The number of benzene rings is 1. The number of nitrogen functional groups attached to an aromatic ring is 1. The first-order valence-corrected chi connectivity index (χ1v) is 5.36. The molecule has 3 heteroatoms. The van der Waals surface area contributed by atoms with Gasteiger partial charge in [-0.2, -0.15) is 0 Å². The molecular formula is C13H17N3. The Morgan fingerprint density at radius 3 is 2.38 bits per heavy atom. The Hall–Kier alpha value is -1.77. The zero-order valence-electron chi connectivity index (χ0n) is 10.2. The van der Waals surface area contributed by atoms with Crippen LogP contribution in [0.4, 0.5) is 5.95 Å². The molecule has 2 N–H and O–H groups in total. The molecule has 2 rings (SSSR count). The maximum atomic E-state index is 5.75. The van der Waals surface area contributed by atoms with Gasteiger partial charge in [-0.1, -0.05) is 12.1 Å². The van der Waals surface area contributed by atoms with Gasteiger partial charge in [0.05, 0.1) is 5.69 Å². The molecule has 1 heterocycles. The molecule has 0 saturated carbocycles. The summed E-state index contributed by atoms with van der Waals surface area (Å²) in [6, 6.07) is 4.24. The van der Waals surface area contributed by atoms with Gasteiger partial charge >= 0.3 is 0 Å². The van der Waals surface area contributed by atoms with Gasteiger partial charge in [0, 0.05) is 18.8 Å². The number of rotatable bonds is 1. The highest BCUT2D eigenvalue weighted by Crippen LogP contribution is 2.26. The first-order valence-electron chi connectivity index (χ1n) is 5.36. The summed E-state index contributed by atoms with van der Waals surface area (Å²) in [5, 5.41) is 0. The van der Waals surface area contributed by atoms with E-state index in [0.717, 1.165) is 11.3 Å². The summed E-state index contributed by atoms with van der Waals surface area (Å²) in [7, 11) is 1.90. The second kappa shape index (κ2) is 3.67. The van der Waals surface area contributed by atoms with Gasteiger partial charge in [-0.3, -0.25) is 0 Å². The van der Waals surface area contributed by atoms with E-state index in [9.17, 15) is 0 Å². The Morgan fingerprint density at radius 1 is 1.12 bits per heavy atom. The van der Waals surface area contributed by atoms with Crippen LogP contribution in [0.25, 0.3) is 11.3 Å². The van der Waals surface area contributed by atoms with Crippen LogP contribution in [0.15, 0.2) is 18.3 Å². The first-order chi connectivity index (χ1) is 7.50. The fourth-order valence-electron chi connectivity index (χ4n) is 1.84. The number of anilines is 1. The molecule has 84 valence electrons. The van der Waals surface area contributed by atoms with E-state index in [1.807, 2.05) is 17.8 Å². The average Bonchev–Trinajstić information content (AvgIpc) is 2.56. The van der Waals surface area contributed by atoms with Gasteiger partial charge in [0.2, 0.25) is 0 Å². The maximum Gasteiger partial charge on any atom is 0.200 e. The van der Waals surface area contributed by atoms with Gasteiger partial charge in [-0.25, -0.2) is 4.98 Å². The van der Waals surface area contributed by atoms with Crippen LogP contribution in [0.5, 0.6) is 0 Å². The lowest BCUT2D eigenvalue weighted by Gasteiger charge is -2.08. The van der Waals surface area contributed by atoms with Crippen molar-refractivity contribution >= 4 is 5.95 Å². The van der Waals surface area contributed by atoms with Crippen LogP contribution in [-0.4, -0.2) is 9.55 Å². The summed E-state index contributed by atoms with van der Waals surface area (Å²) in [6.07, 6.45) is 1.96. The number of imidazole rings is 1. The van der Waals surface area contributed by atoms with Crippen molar-refractivity contribution in [2.24, 2.45) is 7.05 Å². The zero-order chi connectivity index (χ0) is 11.9. The van der Waals surface area contributed by atoms with E-state index in [0.29, 0.717) is 5.95 Å². The van der Waals surface area contributed by atoms with Gasteiger partial charge in [-0.05, 0) is 37.5 Å². The van der Waals surface area contributed by atoms with Crippen molar-refractivity contribution in [1.29, 1.82) is 0 Å². The van der Waals surface area contributed by atoms with Crippen LogP contribution >= 0.6 is 0 Å². The molecule has 0 unspecified atom stereocenters. The third-order valence-corrected chi connectivity index (χ3v) is 3.25. The maximum absolute atomic E-state index is 5.75. The third-order valence-electron chi connectivity index (χ3n) is 3.25. The van der Waals surface area contributed by atoms with Crippen molar-refractivity contribution in [3.05, 3.63) is 35.0 Å². The molecule has 1 aromatic carbocycles. The highest BCUT2D eigenvalue weighted by atomic mass is 15.1. The topological polar surface area (TPSA) is 43.8 Å². The molecule has 0 spiro atoms. The standard InChI is InChI=1S/C13H17N3/c1-8-5-6-11(10(3)9(8)2)12-7-16(4)13(14)15-12/h5-7H,1-4H3,(H2,14,15). The number of hydrogen-bond acceptors (Lipinski definition) is 2. The normalized spacial score (nSPS) is 10.8. The van der Waals surface area contributed by atoms with E-state index < -0.39 is 0 Å². The summed E-state index contributed by atoms with van der Waals surface area (Å²) in [4.78, 5) is 4.35. The third kappa shape index (κ3) is 1.58. The number of hydrogen-bond donors (Lipinski definition) is 1. The van der Waals surface area contributed by atoms with Crippen molar-refractivity contribution in [2.75, 3.05) is 5.73 Å². The lowest BCUT2D eigenvalue weighted by molar-refractivity contribution is 0.930. The van der Waals surface area contributed by atoms with Crippen LogP contribution in [0.3, 0.4) is 0 Å². The molecule has 0 amide bonds. The molecule has 3 nitrogen and oxygen atoms in total. The number of nitrogens with zero attached hydrogens (tertiary/aromatic N) is 2. The van der Waals surface area contributed by atoms with E-state index in [4.69, 9.17) is 5.73 Å². The molecule has 0 aliphatic heterocycles. The quantitative estimate of drug-likeness (QED) is 0.794. The van der Waals surface area contributed by atoms with E-state index in [1.165, 1.54) is 16.7 Å². The van der Waals surface area contributed by atoms with Crippen LogP contribution in [0.2, 0.25) is 0 Å². The molecular weight excluding hydrogens is 198 g/mol. The van der Waals surface area contributed by atoms with Crippen LogP contribution in [-0.2, 0) is 7.05 Å². The van der Waals surface area contributed by atoms with Crippen molar-refractivity contribution in [3.63, 3.8) is 0 Å². The Bertz CT molecular complexity index is 519. The molecule has 0 fully saturated rings. The fourth-order valence-corrected chi connectivity index (χ4v) is 1.84. The van der Waals surface area contributed by atoms with Crippen LogP contribution in [0.1, 0.15) is 16.7 Å². The Labute approximate surface area is 95.9 Å². The van der Waals surface area contributed by atoms with Gasteiger partial charge in [0.1, 0.15) is 0 Å². The largest absolute Gasteiger partial charge is 0.369 e. The highest BCUT2D eigenvalue weighted by molar-refractivity contribution is 5.66. The minimum atomic E-state index is 0.549. The van der Waals surface area contributed by atoms with E-state index >= 15 is 0 Å². The molecule has 0 aliphatic carbocycles. The summed E-state index contributed by atoms with van der Waals surface area (Å²) >= 11 is 0. The first kappa shape index (κ1) is 10.7. The summed E-state index contributed by atoms with van der Waals surface area (Å²) in [5.41, 5.74) is 11.8. The minimum Gasteiger partial charge on any atom is -0.369 e. The van der Waals surface area contributed by atoms with Gasteiger partial charge in [0.25, 0.3) is 0 Å². The van der Waals surface area contributed by atoms with Crippen molar-refractivity contribution in [3.8, 4) is 11.3 Å². The number of aryl methyl sites for hydroxylation is 2. The van der Waals surface area contributed by atoms with Crippen molar-refractivity contribution < 1.29 is 0 Å². The lowest BCUT2D eigenvalue weighted by Crippen LogP contribution is -1.94. The number of nitrogens with two attached hydrogens (primary N) is 1. The predicted octanol–water partition coefficient (Wildman–Crippen LogP) is 2.59. The molecule has 0 radical (unpaired) electrons. The van der Waals surface area contributed by atoms with Crippen molar-refractivity contribution in [1.82, 2.24) is 9.55 Å². The smallest absolute Gasteiger partial charge is 0.200 e. The fraction of sp³-hybridized carbons (Fsp3) is 0.308. The molecule has 2 aromatic rings. The summed E-state index contributed by atoms with van der Waals surface area (Å²) in [6.45, 7) is 6.39. The van der Waals surface area contributed by atoms with Crippen molar-refractivity contribution in [2.45, 2.75) is 20.8 Å².